The Bertz CT molecular complexity index is 503. The van der Waals surface area contributed by atoms with Crippen molar-refractivity contribution in [3.8, 4) is 0 Å². The number of amides is 1. The van der Waals surface area contributed by atoms with Gasteiger partial charge in [-0.25, -0.2) is 4.79 Å². The summed E-state index contributed by atoms with van der Waals surface area (Å²) in [7, 11) is 0. The Balaban J connectivity index is 2.79. The van der Waals surface area contributed by atoms with Crippen molar-refractivity contribution >= 4 is 6.09 Å². The van der Waals surface area contributed by atoms with E-state index in [-0.39, 0.29) is 0 Å². The zero-order chi connectivity index (χ0) is 16.6. The largest absolute Gasteiger partial charge is 0.444 e. The molecule has 0 aliphatic heterocycles. The predicted molar refractivity (Wildman–Crippen MR) is 88.6 cm³/mol. The van der Waals surface area contributed by atoms with Gasteiger partial charge in [0.1, 0.15) is 5.60 Å². The van der Waals surface area contributed by atoms with Crippen molar-refractivity contribution in [2.75, 3.05) is 0 Å². The zero-order valence-electron chi connectivity index (χ0n) is 13.5. The van der Waals surface area contributed by atoms with Crippen LogP contribution in [0.2, 0.25) is 0 Å². The number of ether oxygens (including phenoxy) is 1. The Hall–Kier alpha value is -2.07. The molecule has 120 valence electrons. The van der Waals surface area contributed by atoms with E-state index in [2.05, 4.69) is 11.9 Å². The summed E-state index contributed by atoms with van der Waals surface area (Å²) in [6.45, 7) is 8.97. The molecule has 1 rings (SSSR count). The Morgan fingerprint density at radius 1 is 1.36 bits per heavy atom. The summed E-state index contributed by atoms with van der Waals surface area (Å²) >= 11 is 0. The lowest BCUT2D eigenvalue weighted by Crippen LogP contribution is -2.46. The zero-order valence-corrected chi connectivity index (χ0v) is 13.5. The minimum Gasteiger partial charge on any atom is -0.444 e. The van der Waals surface area contributed by atoms with Crippen molar-refractivity contribution in [3.63, 3.8) is 0 Å². The normalized spacial score (nSPS) is 14.4. The maximum Gasteiger partial charge on any atom is 0.407 e. The van der Waals surface area contributed by atoms with E-state index in [1.54, 1.807) is 39.0 Å². The van der Waals surface area contributed by atoms with Gasteiger partial charge in [0.15, 0.2) is 0 Å². The quantitative estimate of drug-likeness (QED) is 0.793. The van der Waals surface area contributed by atoms with Crippen LogP contribution < -0.4 is 5.32 Å². The third-order valence-electron chi connectivity index (χ3n) is 2.86. The van der Waals surface area contributed by atoms with Crippen LogP contribution in [0.1, 0.15) is 26.3 Å². The molecule has 0 saturated heterocycles. The summed E-state index contributed by atoms with van der Waals surface area (Å²) in [5, 5.41) is 13.0. The molecule has 4 nitrogen and oxygen atoms in total. The lowest BCUT2D eigenvalue weighted by atomic mass is 10.0. The predicted octanol–water partition coefficient (Wildman–Crippen LogP) is 3.23. The van der Waals surface area contributed by atoms with Crippen molar-refractivity contribution in [1.29, 1.82) is 0 Å². The number of aliphatic hydroxyl groups excluding tert-OH is 1. The number of benzene rings is 1. The number of carbonyl (C=O) groups is 1. The monoisotopic (exact) mass is 303 g/mol. The van der Waals surface area contributed by atoms with Crippen molar-refractivity contribution in [2.24, 2.45) is 0 Å². The maximum atomic E-state index is 11.9. The van der Waals surface area contributed by atoms with Gasteiger partial charge in [0.05, 0.1) is 12.1 Å². The number of aliphatic hydroxyl groups is 1. The number of hydrogen-bond acceptors (Lipinski definition) is 3. The lowest BCUT2D eigenvalue weighted by molar-refractivity contribution is 0.0455. The molecule has 2 N–H and O–H groups in total. The smallest absolute Gasteiger partial charge is 0.407 e. The third kappa shape index (κ3) is 7.09. The average molecular weight is 303 g/mol. The van der Waals surface area contributed by atoms with Gasteiger partial charge in [0.25, 0.3) is 0 Å². The maximum absolute atomic E-state index is 11.9. The van der Waals surface area contributed by atoms with Crippen LogP contribution >= 0.6 is 0 Å². The molecule has 0 radical (unpaired) electrons. The number of rotatable bonds is 6. The molecule has 0 aliphatic rings. The molecule has 4 heteroatoms. The number of hydrogen-bond donors (Lipinski definition) is 2. The van der Waals surface area contributed by atoms with Gasteiger partial charge in [0, 0.05) is 0 Å². The second-order valence-electron chi connectivity index (χ2n) is 6.05. The Morgan fingerprint density at radius 2 is 2.00 bits per heavy atom. The minimum atomic E-state index is -0.828. The molecule has 22 heavy (non-hydrogen) atoms. The summed E-state index contributed by atoms with van der Waals surface area (Å²) < 4.78 is 5.26. The third-order valence-corrected chi connectivity index (χ3v) is 2.86. The van der Waals surface area contributed by atoms with Crippen LogP contribution in [0, 0.1) is 0 Å². The van der Waals surface area contributed by atoms with Crippen molar-refractivity contribution in [2.45, 2.75) is 44.9 Å². The number of carbonyl (C=O) groups excluding carboxylic acids is 1. The highest BCUT2D eigenvalue weighted by Gasteiger charge is 2.23. The van der Waals surface area contributed by atoms with Crippen molar-refractivity contribution in [1.82, 2.24) is 5.32 Å². The highest BCUT2D eigenvalue weighted by atomic mass is 16.6. The second kappa shape index (κ2) is 8.39. The molecule has 0 aromatic heterocycles. The van der Waals surface area contributed by atoms with E-state index in [0.717, 1.165) is 5.56 Å². The molecule has 1 aromatic rings. The molecule has 0 unspecified atom stereocenters. The second-order valence-corrected chi connectivity index (χ2v) is 6.05. The molecule has 1 aromatic carbocycles. The summed E-state index contributed by atoms with van der Waals surface area (Å²) in [5.41, 5.74) is 0.443. The van der Waals surface area contributed by atoms with Crippen LogP contribution in [0.3, 0.4) is 0 Å². The number of allylic oxidation sites excluding steroid dienone is 2. The molecular weight excluding hydrogens is 278 g/mol. The van der Waals surface area contributed by atoms with Crippen LogP contribution in [0.4, 0.5) is 4.79 Å². The fourth-order valence-corrected chi connectivity index (χ4v) is 1.91. The average Bonchev–Trinajstić information content (AvgIpc) is 2.43. The summed E-state index contributed by atoms with van der Waals surface area (Å²) in [5.74, 6) is 0. The first-order valence-electron chi connectivity index (χ1n) is 7.32. The highest BCUT2D eigenvalue weighted by Crippen LogP contribution is 2.11. The first kappa shape index (κ1) is 18.0. The van der Waals surface area contributed by atoms with E-state index >= 15 is 0 Å². The van der Waals surface area contributed by atoms with Gasteiger partial charge in [-0.1, -0.05) is 55.1 Å². The van der Waals surface area contributed by atoms with Crippen molar-refractivity contribution in [3.05, 3.63) is 60.7 Å². The van der Waals surface area contributed by atoms with E-state index in [4.69, 9.17) is 4.74 Å². The van der Waals surface area contributed by atoms with Gasteiger partial charge in [-0.3, -0.25) is 0 Å². The van der Waals surface area contributed by atoms with Crippen LogP contribution in [0.15, 0.2) is 55.1 Å². The van der Waals surface area contributed by atoms with Gasteiger partial charge in [-0.15, -0.1) is 0 Å². The number of nitrogens with one attached hydrogen (secondary N) is 1. The summed E-state index contributed by atoms with van der Waals surface area (Å²) in [4.78, 5) is 11.9. The van der Waals surface area contributed by atoms with Gasteiger partial charge in [0.2, 0.25) is 0 Å². The molecule has 0 saturated carbocycles. The van der Waals surface area contributed by atoms with E-state index < -0.39 is 23.8 Å². The fraction of sp³-hybridized carbons (Fsp3) is 0.389. The molecule has 0 fully saturated rings. The molecule has 0 spiro atoms. The van der Waals surface area contributed by atoms with Gasteiger partial charge < -0.3 is 15.2 Å². The molecule has 0 aliphatic carbocycles. The van der Waals surface area contributed by atoms with Crippen LogP contribution in [-0.4, -0.2) is 28.9 Å². The van der Waals surface area contributed by atoms with Crippen molar-refractivity contribution < 1.29 is 14.6 Å². The molecule has 0 heterocycles. The summed E-state index contributed by atoms with van der Waals surface area (Å²) in [6.07, 6.45) is 3.96. The van der Waals surface area contributed by atoms with Gasteiger partial charge >= 0.3 is 6.09 Å². The molecule has 0 bridgehead atoms. The number of alkyl carbamates (subject to hydrolysis) is 1. The van der Waals surface area contributed by atoms with E-state index in [1.165, 1.54) is 0 Å². The van der Waals surface area contributed by atoms with Gasteiger partial charge in [-0.2, -0.15) is 0 Å². The molecule has 1 amide bonds. The first-order chi connectivity index (χ1) is 10.3. The Kier molecular flexibility index (Phi) is 6.86. The molecular formula is C18H25NO3. The summed E-state index contributed by atoms with van der Waals surface area (Å²) in [6, 6.07) is 9.20. The Labute approximate surface area is 132 Å². The first-order valence-corrected chi connectivity index (χ1v) is 7.32. The lowest BCUT2D eigenvalue weighted by Gasteiger charge is -2.25. The van der Waals surface area contributed by atoms with Crippen LogP contribution in [0.5, 0.6) is 0 Å². The standard InChI is InChI=1S/C18H25NO3/c1-5-6-12-16(20)15(13-14-10-8-7-9-11-14)19-17(21)22-18(2,3)4/h5-12,15-16,20H,1,13H2,2-4H3,(H,19,21)/b12-6-/t15-,16+/m0/s1. The minimum absolute atomic E-state index is 0.478. The topological polar surface area (TPSA) is 58.6 Å². The van der Waals surface area contributed by atoms with E-state index in [0.29, 0.717) is 6.42 Å². The SMILES string of the molecule is C=C/C=C\[C@@H](O)[C@H](Cc1ccccc1)NC(=O)OC(C)(C)C. The van der Waals surface area contributed by atoms with E-state index in [1.807, 2.05) is 30.3 Å². The van der Waals surface area contributed by atoms with E-state index in [9.17, 15) is 9.90 Å². The highest BCUT2D eigenvalue weighted by molar-refractivity contribution is 5.68. The fourth-order valence-electron chi connectivity index (χ4n) is 1.91. The van der Waals surface area contributed by atoms with Crippen LogP contribution in [0.25, 0.3) is 0 Å². The van der Waals surface area contributed by atoms with Crippen LogP contribution in [-0.2, 0) is 11.2 Å². The van der Waals surface area contributed by atoms with Gasteiger partial charge in [-0.05, 0) is 32.8 Å². The molecule has 2 atom stereocenters. The Morgan fingerprint density at radius 3 is 2.55 bits per heavy atom.